The number of nitrogens with zero attached hydrogens (tertiary/aromatic N) is 3. The average Bonchev–Trinajstić information content (AvgIpc) is 3.02. The van der Waals surface area contributed by atoms with Crippen molar-refractivity contribution in [2.75, 3.05) is 22.7 Å². The number of halogens is 1. The molecule has 1 saturated heterocycles. The Hall–Kier alpha value is -1.86. The molecule has 8 heteroatoms. The van der Waals surface area contributed by atoms with Crippen molar-refractivity contribution in [3.63, 3.8) is 0 Å². The lowest BCUT2D eigenvalue weighted by atomic mass is 10.4. The highest BCUT2D eigenvalue weighted by Gasteiger charge is 2.17. The van der Waals surface area contributed by atoms with Crippen molar-refractivity contribution in [1.29, 1.82) is 0 Å². The number of sulfonamides is 1. The van der Waals surface area contributed by atoms with Gasteiger partial charge in [0.15, 0.2) is 0 Å². The van der Waals surface area contributed by atoms with E-state index in [0.717, 1.165) is 25.9 Å². The summed E-state index contributed by atoms with van der Waals surface area (Å²) in [7, 11) is -3.66. The standard InChI is InChI=1S/C14H15ClN4O2S/c15-11-3-5-13(6-4-11)22(20,21)18-12-9-16-14(17-10-12)19-7-1-2-8-19/h3-6,9-10,18H,1-2,7-8H2. The first kappa shape index (κ1) is 15.1. The van der Waals surface area contributed by atoms with Gasteiger partial charge in [-0.15, -0.1) is 0 Å². The summed E-state index contributed by atoms with van der Waals surface area (Å²) in [4.78, 5) is 10.7. The van der Waals surface area contributed by atoms with Crippen LogP contribution in [-0.4, -0.2) is 31.5 Å². The largest absolute Gasteiger partial charge is 0.341 e. The Bertz CT molecular complexity index is 741. The molecule has 0 amide bonds. The van der Waals surface area contributed by atoms with E-state index in [4.69, 9.17) is 11.6 Å². The highest BCUT2D eigenvalue weighted by Crippen LogP contribution is 2.19. The van der Waals surface area contributed by atoms with E-state index < -0.39 is 10.0 Å². The van der Waals surface area contributed by atoms with Gasteiger partial charge in [-0.2, -0.15) is 0 Å². The van der Waals surface area contributed by atoms with E-state index in [2.05, 4.69) is 19.6 Å². The van der Waals surface area contributed by atoms with Crippen LogP contribution in [0.2, 0.25) is 5.02 Å². The van der Waals surface area contributed by atoms with Crippen molar-refractivity contribution < 1.29 is 8.42 Å². The van der Waals surface area contributed by atoms with Crippen molar-refractivity contribution in [1.82, 2.24) is 9.97 Å². The van der Waals surface area contributed by atoms with Crippen LogP contribution in [-0.2, 0) is 10.0 Å². The molecule has 0 radical (unpaired) electrons. The lowest BCUT2D eigenvalue weighted by molar-refractivity contribution is 0.601. The van der Waals surface area contributed by atoms with Crippen molar-refractivity contribution in [3.8, 4) is 0 Å². The van der Waals surface area contributed by atoms with Gasteiger partial charge in [0, 0.05) is 18.1 Å². The van der Waals surface area contributed by atoms with Crippen LogP contribution in [0.3, 0.4) is 0 Å². The van der Waals surface area contributed by atoms with Gasteiger partial charge >= 0.3 is 0 Å². The molecule has 1 fully saturated rings. The Labute approximate surface area is 134 Å². The topological polar surface area (TPSA) is 75.2 Å². The summed E-state index contributed by atoms with van der Waals surface area (Å²) in [5.41, 5.74) is 0.331. The van der Waals surface area contributed by atoms with E-state index in [-0.39, 0.29) is 4.90 Å². The number of aromatic nitrogens is 2. The Morgan fingerprint density at radius 3 is 2.23 bits per heavy atom. The molecule has 22 heavy (non-hydrogen) atoms. The van der Waals surface area contributed by atoms with Crippen LogP contribution < -0.4 is 9.62 Å². The number of hydrogen-bond donors (Lipinski definition) is 1. The summed E-state index contributed by atoms with van der Waals surface area (Å²) in [5.74, 6) is 0.631. The second-order valence-corrected chi connectivity index (χ2v) is 7.14. The second-order valence-electron chi connectivity index (χ2n) is 5.03. The van der Waals surface area contributed by atoms with E-state index in [1.54, 1.807) is 0 Å². The molecular weight excluding hydrogens is 324 g/mol. The van der Waals surface area contributed by atoms with Crippen LogP contribution in [0.15, 0.2) is 41.6 Å². The summed E-state index contributed by atoms with van der Waals surface area (Å²) >= 11 is 5.76. The lowest BCUT2D eigenvalue weighted by Crippen LogP contribution is -2.20. The molecule has 1 aromatic carbocycles. The molecule has 0 spiro atoms. The molecule has 0 atom stereocenters. The molecular formula is C14H15ClN4O2S. The van der Waals surface area contributed by atoms with Crippen LogP contribution in [0, 0.1) is 0 Å². The number of benzene rings is 1. The predicted molar refractivity (Wildman–Crippen MR) is 85.7 cm³/mol. The minimum absolute atomic E-state index is 0.139. The maximum Gasteiger partial charge on any atom is 0.261 e. The maximum atomic E-state index is 12.2. The first-order chi connectivity index (χ1) is 10.5. The molecule has 0 unspecified atom stereocenters. The van der Waals surface area contributed by atoms with Crippen LogP contribution in [0.1, 0.15) is 12.8 Å². The molecule has 1 aromatic heterocycles. The third-order valence-corrected chi connectivity index (χ3v) is 5.05. The van der Waals surface area contributed by atoms with Crippen LogP contribution >= 0.6 is 11.6 Å². The fourth-order valence-corrected chi connectivity index (χ4v) is 3.44. The van der Waals surface area contributed by atoms with Gasteiger partial charge in [0.05, 0.1) is 23.0 Å². The highest BCUT2D eigenvalue weighted by atomic mass is 35.5. The molecule has 0 saturated carbocycles. The van der Waals surface area contributed by atoms with E-state index in [0.29, 0.717) is 16.7 Å². The third kappa shape index (κ3) is 3.31. The van der Waals surface area contributed by atoms with Crippen LogP contribution in [0.5, 0.6) is 0 Å². The molecule has 0 aliphatic carbocycles. The molecule has 1 N–H and O–H groups in total. The highest BCUT2D eigenvalue weighted by molar-refractivity contribution is 7.92. The zero-order valence-corrected chi connectivity index (χ0v) is 13.3. The third-order valence-electron chi connectivity index (χ3n) is 3.40. The van der Waals surface area contributed by atoms with Gasteiger partial charge in [0.2, 0.25) is 5.95 Å². The normalized spacial score (nSPS) is 15.0. The maximum absolute atomic E-state index is 12.2. The number of nitrogens with one attached hydrogen (secondary N) is 1. The summed E-state index contributed by atoms with van der Waals surface area (Å²) in [6.45, 7) is 1.88. The SMILES string of the molecule is O=S(=O)(Nc1cnc(N2CCCC2)nc1)c1ccc(Cl)cc1. The van der Waals surface area contributed by atoms with Crippen molar-refractivity contribution in [3.05, 3.63) is 41.7 Å². The summed E-state index contributed by atoms with van der Waals surface area (Å²) in [5, 5.41) is 0.484. The molecule has 6 nitrogen and oxygen atoms in total. The monoisotopic (exact) mass is 338 g/mol. The van der Waals surface area contributed by atoms with E-state index >= 15 is 0 Å². The van der Waals surface area contributed by atoms with Gasteiger partial charge in [-0.25, -0.2) is 18.4 Å². The smallest absolute Gasteiger partial charge is 0.261 e. The fraction of sp³-hybridized carbons (Fsp3) is 0.286. The number of hydrogen-bond acceptors (Lipinski definition) is 5. The first-order valence-corrected chi connectivity index (χ1v) is 8.76. The number of rotatable bonds is 4. The van der Waals surface area contributed by atoms with E-state index in [1.165, 1.54) is 36.7 Å². The van der Waals surface area contributed by atoms with Gasteiger partial charge in [0.1, 0.15) is 0 Å². The van der Waals surface area contributed by atoms with E-state index in [9.17, 15) is 8.42 Å². The average molecular weight is 339 g/mol. The van der Waals surface area contributed by atoms with Gasteiger partial charge in [-0.1, -0.05) is 11.6 Å². The molecule has 1 aliphatic rings. The quantitative estimate of drug-likeness (QED) is 0.927. The Morgan fingerprint density at radius 1 is 1.05 bits per heavy atom. The molecule has 2 heterocycles. The molecule has 116 valence electrons. The van der Waals surface area contributed by atoms with Crippen LogP contribution in [0.25, 0.3) is 0 Å². The zero-order valence-electron chi connectivity index (χ0n) is 11.7. The Balaban J connectivity index is 1.75. The van der Waals surface area contributed by atoms with Gasteiger partial charge in [-0.3, -0.25) is 4.72 Å². The second kappa shape index (κ2) is 6.10. The Kier molecular flexibility index (Phi) is 4.17. The molecule has 2 aromatic rings. The van der Waals surface area contributed by atoms with Gasteiger partial charge in [0.25, 0.3) is 10.0 Å². The van der Waals surface area contributed by atoms with Gasteiger partial charge in [-0.05, 0) is 37.1 Å². The lowest BCUT2D eigenvalue weighted by Gasteiger charge is -2.15. The minimum atomic E-state index is -3.66. The van der Waals surface area contributed by atoms with Gasteiger partial charge < -0.3 is 4.90 Å². The number of anilines is 2. The van der Waals surface area contributed by atoms with Crippen molar-refractivity contribution in [2.24, 2.45) is 0 Å². The Morgan fingerprint density at radius 2 is 1.64 bits per heavy atom. The van der Waals surface area contributed by atoms with Crippen LogP contribution in [0.4, 0.5) is 11.6 Å². The summed E-state index contributed by atoms with van der Waals surface area (Å²) in [6, 6.07) is 5.96. The molecule has 1 aliphatic heterocycles. The zero-order chi connectivity index (χ0) is 15.6. The van der Waals surface area contributed by atoms with Crippen molar-refractivity contribution in [2.45, 2.75) is 17.7 Å². The first-order valence-electron chi connectivity index (χ1n) is 6.90. The summed E-state index contributed by atoms with van der Waals surface area (Å²) in [6.07, 6.45) is 5.23. The fourth-order valence-electron chi connectivity index (χ4n) is 2.28. The van der Waals surface area contributed by atoms with E-state index in [1.807, 2.05) is 0 Å². The molecule has 0 bridgehead atoms. The van der Waals surface area contributed by atoms with Crippen molar-refractivity contribution >= 4 is 33.3 Å². The molecule has 3 rings (SSSR count). The minimum Gasteiger partial charge on any atom is -0.341 e. The predicted octanol–water partition coefficient (Wildman–Crippen LogP) is 2.53. The summed E-state index contributed by atoms with van der Waals surface area (Å²) < 4.78 is 26.9.